The summed E-state index contributed by atoms with van der Waals surface area (Å²) in [4.78, 5) is 0. The molecule has 3 heteroatoms. The number of ether oxygens (including phenoxy) is 2. The van der Waals surface area contributed by atoms with Crippen molar-refractivity contribution < 1.29 is 9.47 Å². The highest BCUT2D eigenvalue weighted by Gasteiger charge is 2.20. The predicted molar refractivity (Wildman–Crippen MR) is 81.9 cm³/mol. The first-order chi connectivity index (χ1) is 9.85. The second-order valence-corrected chi connectivity index (χ2v) is 5.29. The molecule has 20 heavy (non-hydrogen) atoms. The fraction of sp³-hybridized carbons (Fsp3) is 0.412. The monoisotopic (exact) mass is 271 g/mol. The van der Waals surface area contributed by atoms with Gasteiger partial charge in [-0.15, -0.1) is 0 Å². The summed E-state index contributed by atoms with van der Waals surface area (Å²) in [5, 5.41) is 5.72. The lowest BCUT2D eigenvalue weighted by atomic mass is 9.89. The Morgan fingerprint density at radius 1 is 1.05 bits per heavy atom. The van der Waals surface area contributed by atoms with Crippen LogP contribution in [-0.2, 0) is 0 Å². The zero-order valence-corrected chi connectivity index (χ0v) is 12.1. The molecule has 1 unspecified atom stereocenters. The van der Waals surface area contributed by atoms with Gasteiger partial charge in [0.2, 0.25) is 0 Å². The third-order valence-corrected chi connectivity index (χ3v) is 4.16. The summed E-state index contributed by atoms with van der Waals surface area (Å²) < 4.78 is 11.2. The number of rotatable bonds is 3. The van der Waals surface area contributed by atoms with E-state index in [9.17, 15) is 0 Å². The second-order valence-electron chi connectivity index (χ2n) is 5.29. The molecule has 0 aliphatic carbocycles. The van der Waals surface area contributed by atoms with E-state index >= 15 is 0 Å². The van der Waals surface area contributed by atoms with E-state index in [0.29, 0.717) is 5.92 Å². The normalized spacial score (nSPS) is 19.0. The quantitative estimate of drug-likeness (QED) is 0.929. The van der Waals surface area contributed by atoms with Gasteiger partial charge in [0.05, 0.1) is 14.2 Å². The Morgan fingerprint density at radius 3 is 2.65 bits per heavy atom. The highest BCUT2D eigenvalue weighted by atomic mass is 16.5. The number of hydrogen-bond donors (Lipinski definition) is 1. The van der Waals surface area contributed by atoms with E-state index in [4.69, 9.17) is 9.47 Å². The van der Waals surface area contributed by atoms with Crippen LogP contribution in [0.3, 0.4) is 0 Å². The van der Waals surface area contributed by atoms with Gasteiger partial charge in [0.1, 0.15) is 11.5 Å². The number of fused-ring (bicyclic) bond motifs is 1. The average molecular weight is 271 g/mol. The minimum absolute atomic E-state index is 0.536. The summed E-state index contributed by atoms with van der Waals surface area (Å²) in [5.74, 6) is 2.43. The fourth-order valence-electron chi connectivity index (χ4n) is 3.16. The van der Waals surface area contributed by atoms with Gasteiger partial charge in [0.15, 0.2) is 0 Å². The van der Waals surface area contributed by atoms with Crippen LogP contribution in [0.1, 0.15) is 24.3 Å². The number of methoxy groups -OCH3 is 2. The van der Waals surface area contributed by atoms with Crippen molar-refractivity contribution in [2.75, 3.05) is 27.3 Å². The molecule has 1 N–H and O–H groups in total. The van der Waals surface area contributed by atoms with Crippen molar-refractivity contribution in [1.29, 1.82) is 0 Å². The van der Waals surface area contributed by atoms with Crippen molar-refractivity contribution in [2.24, 2.45) is 0 Å². The Labute approximate surface area is 119 Å². The Balaban J connectivity index is 2.14. The highest BCUT2D eigenvalue weighted by molar-refractivity contribution is 5.94. The van der Waals surface area contributed by atoms with E-state index < -0.39 is 0 Å². The molecule has 0 spiro atoms. The maximum Gasteiger partial charge on any atom is 0.130 e. The minimum Gasteiger partial charge on any atom is -0.496 e. The minimum atomic E-state index is 0.536. The van der Waals surface area contributed by atoms with Crippen molar-refractivity contribution in [2.45, 2.75) is 18.8 Å². The largest absolute Gasteiger partial charge is 0.496 e. The third kappa shape index (κ3) is 2.22. The molecular weight excluding hydrogens is 250 g/mol. The molecule has 0 amide bonds. The number of benzene rings is 2. The Kier molecular flexibility index (Phi) is 3.79. The zero-order valence-electron chi connectivity index (χ0n) is 12.1. The second kappa shape index (κ2) is 5.71. The van der Waals surface area contributed by atoms with Crippen LogP contribution >= 0.6 is 0 Å². The van der Waals surface area contributed by atoms with Crippen molar-refractivity contribution >= 4 is 10.8 Å². The first-order valence-corrected chi connectivity index (χ1v) is 7.19. The Morgan fingerprint density at radius 2 is 1.95 bits per heavy atom. The van der Waals surface area contributed by atoms with Crippen LogP contribution in [0.25, 0.3) is 10.8 Å². The van der Waals surface area contributed by atoms with Gasteiger partial charge in [-0.1, -0.05) is 24.3 Å². The molecule has 2 aromatic rings. The van der Waals surface area contributed by atoms with E-state index in [1.165, 1.54) is 18.4 Å². The molecule has 1 heterocycles. The lowest BCUT2D eigenvalue weighted by molar-refractivity contribution is 0.396. The molecule has 3 nitrogen and oxygen atoms in total. The molecule has 1 saturated heterocycles. The fourth-order valence-corrected chi connectivity index (χ4v) is 3.16. The molecule has 3 rings (SSSR count). The standard InChI is InChI=1S/C17H21NO2/c1-19-16-7-3-6-15-14(16)9-8-13(17(15)20-2)12-5-4-10-18-11-12/h3,6-9,12,18H,4-5,10-11H2,1-2H3. The van der Waals surface area contributed by atoms with E-state index in [2.05, 4.69) is 23.5 Å². The van der Waals surface area contributed by atoms with E-state index in [0.717, 1.165) is 35.4 Å². The van der Waals surface area contributed by atoms with Gasteiger partial charge in [-0.3, -0.25) is 0 Å². The maximum atomic E-state index is 5.73. The van der Waals surface area contributed by atoms with Crippen molar-refractivity contribution in [3.05, 3.63) is 35.9 Å². The van der Waals surface area contributed by atoms with Gasteiger partial charge in [-0.05, 0) is 31.0 Å². The number of nitrogens with one attached hydrogen (secondary N) is 1. The van der Waals surface area contributed by atoms with Gasteiger partial charge in [0.25, 0.3) is 0 Å². The predicted octanol–water partition coefficient (Wildman–Crippen LogP) is 3.32. The highest BCUT2D eigenvalue weighted by Crippen LogP contribution is 2.39. The van der Waals surface area contributed by atoms with Gasteiger partial charge < -0.3 is 14.8 Å². The van der Waals surface area contributed by atoms with Gasteiger partial charge in [-0.2, -0.15) is 0 Å². The van der Waals surface area contributed by atoms with E-state index in [-0.39, 0.29) is 0 Å². The molecule has 106 valence electrons. The Hall–Kier alpha value is -1.74. The summed E-state index contributed by atoms with van der Waals surface area (Å²) in [6, 6.07) is 10.5. The van der Waals surface area contributed by atoms with Crippen LogP contribution < -0.4 is 14.8 Å². The molecule has 1 aliphatic heterocycles. The summed E-state index contributed by atoms with van der Waals surface area (Å²) >= 11 is 0. The lowest BCUT2D eigenvalue weighted by Crippen LogP contribution is -2.28. The van der Waals surface area contributed by atoms with Crippen molar-refractivity contribution in [3.8, 4) is 11.5 Å². The molecule has 1 fully saturated rings. The van der Waals surface area contributed by atoms with Crippen LogP contribution in [0.15, 0.2) is 30.3 Å². The first-order valence-electron chi connectivity index (χ1n) is 7.19. The molecular formula is C17H21NO2. The smallest absolute Gasteiger partial charge is 0.130 e. The van der Waals surface area contributed by atoms with Gasteiger partial charge >= 0.3 is 0 Å². The maximum absolute atomic E-state index is 5.73. The summed E-state index contributed by atoms with van der Waals surface area (Å²) in [5.41, 5.74) is 1.31. The van der Waals surface area contributed by atoms with Gasteiger partial charge in [-0.25, -0.2) is 0 Å². The van der Waals surface area contributed by atoms with Crippen LogP contribution in [0.4, 0.5) is 0 Å². The molecule has 1 aliphatic rings. The summed E-state index contributed by atoms with van der Waals surface area (Å²) in [6.07, 6.45) is 2.45. The lowest BCUT2D eigenvalue weighted by Gasteiger charge is -2.25. The SMILES string of the molecule is COc1cccc2c(OC)c(C3CCCNC3)ccc12. The third-order valence-electron chi connectivity index (χ3n) is 4.16. The van der Waals surface area contributed by atoms with E-state index in [1.54, 1.807) is 14.2 Å². The summed E-state index contributed by atoms with van der Waals surface area (Å²) in [6.45, 7) is 2.16. The number of hydrogen-bond acceptors (Lipinski definition) is 3. The zero-order chi connectivity index (χ0) is 13.9. The number of piperidine rings is 1. The molecule has 0 bridgehead atoms. The molecule has 0 radical (unpaired) electrons. The van der Waals surface area contributed by atoms with Crippen LogP contribution in [-0.4, -0.2) is 27.3 Å². The van der Waals surface area contributed by atoms with E-state index in [1.807, 2.05) is 12.1 Å². The average Bonchev–Trinajstić information content (AvgIpc) is 2.53. The van der Waals surface area contributed by atoms with Crippen molar-refractivity contribution in [3.63, 3.8) is 0 Å². The van der Waals surface area contributed by atoms with Crippen molar-refractivity contribution in [1.82, 2.24) is 5.32 Å². The molecule has 0 aromatic heterocycles. The molecule has 1 atom stereocenters. The Bertz CT molecular complexity index is 603. The topological polar surface area (TPSA) is 30.5 Å². The molecule has 2 aromatic carbocycles. The molecule has 0 saturated carbocycles. The van der Waals surface area contributed by atoms with Crippen LogP contribution in [0, 0.1) is 0 Å². The summed E-state index contributed by atoms with van der Waals surface area (Å²) in [7, 11) is 3.47. The van der Waals surface area contributed by atoms with Gasteiger partial charge in [0, 0.05) is 23.2 Å². The first kappa shape index (κ1) is 13.3. The van der Waals surface area contributed by atoms with Crippen LogP contribution in [0.2, 0.25) is 0 Å². The van der Waals surface area contributed by atoms with Crippen LogP contribution in [0.5, 0.6) is 11.5 Å².